The summed E-state index contributed by atoms with van der Waals surface area (Å²) in [6.07, 6.45) is -1.08. The molecule has 0 aliphatic carbocycles. The second-order valence-corrected chi connectivity index (χ2v) is 8.27. The highest BCUT2D eigenvalue weighted by atomic mass is 16.6. The number of ether oxygens (including phenoxy) is 2. The van der Waals surface area contributed by atoms with E-state index in [4.69, 9.17) is 42.6 Å². The van der Waals surface area contributed by atoms with E-state index in [1.165, 1.54) is 19.1 Å². The van der Waals surface area contributed by atoms with Gasteiger partial charge in [-0.1, -0.05) is 26.0 Å². The Morgan fingerprint density at radius 1 is 0.806 bits per heavy atom. The number of hydrogen-bond acceptors (Lipinski definition) is 11. The average Bonchev–Trinajstić information content (AvgIpc) is 2.78. The van der Waals surface area contributed by atoms with Gasteiger partial charge in [-0.15, -0.1) is 0 Å². The Kier molecular flexibility index (Phi) is 13.9. The molecule has 0 aliphatic heterocycles. The van der Waals surface area contributed by atoms with Crippen LogP contribution in [0.5, 0.6) is 5.75 Å². The molecule has 1 aromatic rings. The summed E-state index contributed by atoms with van der Waals surface area (Å²) in [7, 11) is 0. The van der Waals surface area contributed by atoms with Gasteiger partial charge in [0, 0.05) is 0 Å². The summed E-state index contributed by atoms with van der Waals surface area (Å²) in [6.45, 7) is 5.03. The molecule has 12 N–H and O–H groups in total. The molecular formula is C22H35N5O9. The van der Waals surface area contributed by atoms with Crippen LogP contribution in [0.3, 0.4) is 0 Å². The maximum Gasteiger partial charge on any atom is 0.332 e. The van der Waals surface area contributed by atoms with Crippen molar-refractivity contribution in [1.29, 1.82) is 0 Å². The van der Waals surface area contributed by atoms with Crippen LogP contribution < -0.4 is 33.4 Å². The zero-order valence-electron chi connectivity index (χ0n) is 20.3. The number of aliphatic carboxylic acids is 2. The van der Waals surface area contributed by atoms with Gasteiger partial charge in [-0.2, -0.15) is 0 Å². The van der Waals surface area contributed by atoms with Crippen LogP contribution in [-0.4, -0.2) is 70.3 Å². The summed E-state index contributed by atoms with van der Waals surface area (Å²) in [6, 6.07) is 2.03. The summed E-state index contributed by atoms with van der Waals surface area (Å²) in [4.78, 5) is 54.6. The monoisotopic (exact) mass is 513 g/mol. The van der Waals surface area contributed by atoms with Crippen LogP contribution in [0.25, 0.3) is 0 Å². The Bertz CT molecular complexity index is 908. The van der Waals surface area contributed by atoms with Crippen molar-refractivity contribution in [3.05, 3.63) is 29.8 Å². The van der Waals surface area contributed by atoms with Crippen LogP contribution in [0.4, 0.5) is 0 Å². The van der Waals surface area contributed by atoms with E-state index in [-0.39, 0.29) is 24.5 Å². The van der Waals surface area contributed by atoms with Crippen LogP contribution in [0.2, 0.25) is 0 Å². The quantitative estimate of drug-likeness (QED) is 0.118. The number of primary amides is 1. The normalized spacial score (nSPS) is 14.8. The molecule has 14 nitrogen and oxygen atoms in total. The minimum Gasteiger partial charge on any atom is -0.480 e. The van der Waals surface area contributed by atoms with Crippen LogP contribution in [-0.2, 0) is 35.1 Å². The lowest BCUT2D eigenvalue weighted by Gasteiger charge is -2.22. The number of amides is 1. The molecule has 1 amide bonds. The number of carbonyl (C=O) groups is 5. The number of hydrogen-bond donors (Lipinski definition) is 7. The van der Waals surface area contributed by atoms with E-state index in [9.17, 15) is 24.0 Å². The fourth-order valence-electron chi connectivity index (χ4n) is 2.32. The molecular weight excluding hydrogens is 478 g/mol. The average molecular weight is 514 g/mol. The lowest BCUT2D eigenvalue weighted by atomic mass is 10.1. The number of carbonyl (C=O) groups excluding carboxylic acids is 3. The van der Waals surface area contributed by atoms with Gasteiger partial charge in [0.25, 0.3) is 0 Å². The SMILES string of the molecule is CC(C)[C@H](N)C(=O)O[C@H](C)[C@H](N)C(=O)Oc1ccc(C[C@H](N)C(=O)O)cc1.NC(=O)C[C@H](N)C(=O)O. The molecule has 0 fully saturated rings. The lowest BCUT2D eigenvalue weighted by Crippen LogP contribution is -2.47. The first-order valence-corrected chi connectivity index (χ1v) is 10.8. The number of carboxylic acids is 2. The molecule has 1 rings (SSSR count). The van der Waals surface area contributed by atoms with E-state index in [1.807, 2.05) is 0 Å². The third-order valence-corrected chi connectivity index (χ3v) is 4.72. The van der Waals surface area contributed by atoms with Crippen LogP contribution >= 0.6 is 0 Å². The van der Waals surface area contributed by atoms with Crippen molar-refractivity contribution in [1.82, 2.24) is 0 Å². The van der Waals surface area contributed by atoms with Gasteiger partial charge in [0.15, 0.2) is 0 Å². The highest BCUT2D eigenvalue weighted by molar-refractivity contribution is 5.83. The third-order valence-electron chi connectivity index (χ3n) is 4.72. The van der Waals surface area contributed by atoms with E-state index in [1.54, 1.807) is 26.0 Å². The first-order chi connectivity index (χ1) is 16.6. The molecule has 0 aromatic heterocycles. The fraction of sp³-hybridized carbons (Fsp3) is 0.500. The van der Waals surface area contributed by atoms with Gasteiger partial charge in [0.05, 0.1) is 6.42 Å². The standard InChI is InChI=1S/C18H27N3O6.C4H8N2O3/c1-9(2)14(20)17(24)26-10(3)15(21)18(25)27-12-6-4-11(5-7-12)8-13(19)16(22)23;5-2(4(8)9)1-3(6)7/h4-7,9-10,13-15H,8,19-21H2,1-3H3,(H,22,23);2H,1,5H2,(H2,6,7)(H,8,9)/t10-,13+,14+,15+;2-/m10/s1. The molecule has 0 saturated heterocycles. The molecule has 0 spiro atoms. The van der Waals surface area contributed by atoms with Gasteiger partial charge in [0.1, 0.15) is 36.0 Å². The topological polar surface area (TPSA) is 274 Å². The van der Waals surface area contributed by atoms with Crippen molar-refractivity contribution in [3.8, 4) is 5.75 Å². The van der Waals surface area contributed by atoms with E-state index in [2.05, 4.69) is 5.73 Å². The minimum atomic E-state index is -1.21. The van der Waals surface area contributed by atoms with E-state index in [0.717, 1.165) is 0 Å². The first-order valence-electron chi connectivity index (χ1n) is 10.8. The Hall–Kier alpha value is -3.59. The number of nitrogens with two attached hydrogens (primary N) is 5. The van der Waals surface area contributed by atoms with Crippen LogP contribution in [0.15, 0.2) is 24.3 Å². The van der Waals surface area contributed by atoms with Crippen molar-refractivity contribution < 1.29 is 43.7 Å². The van der Waals surface area contributed by atoms with Gasteiger partial charge in [-0.3, -0.25) is 19.2 Å². The van der Waals surface area contributed by atoms with Crippen molar-refractivity contribution in [2.45, 2.75) is 63.9 Å². The molecule has 0 saturated carbocycles. The third kappa shape index (κ3) is 12.2. The summed E-state index contributed by atoms with van der Waals surface area (Å²) in [5.74, 6) is -4.32. The molecule has 1 aromatic carbocycles. The smallest absolute Gasteiger partial charge is 0.332 e. The predicted octanol–water partition coefficient (Wildman–Crippen LogP) is -1.94. The second-order valence-electron chi connectivity index (χ2n) is 8.27. The van der Waals surface area contributed by atoms with Gasteiger partial charge >= 0.3 is 23.9 Å². The Morgan fingerprint density at radius 3 is 1.69 bits per heavy atom. The maximum atomic E-state index is 12.1. The zero-order valence-corrected chi connectivity index (χ0v) is 20.3. The van der Waals surface area contributed by atoms with Crippen LogP contribution in [0.1, 0.15) is 32.8 Å². The lowest BCUT2D eigenvalue weighted by molar-refractivity contribution is -0.155. The van der Waals surface area contributed by atoms with Crippen molar-refractivity contribution in [3.63, 3.8) is 0 Å². The van der Waals surface area contributed by atoms with Gasteiger partial charge in [-0.05, 0) is 37.0 Å². The number of carboxylic acid groups (broad SMARTS) is 2. The molecule has 0 bridgehead atoms. The Labute approximate surface area is 208 Å². The van der Waals surface area contributed by atoms with E-state index in [0.29, 0.717) is 5.56 Å². The maximum absolute atomic E-state index is 12.1. The van der Waals surface area contributed by atoms with Gasteiger partial charge in [-0.25, -0.2) is 4.79 Å². The zero-order chi connectivity index (χ0) is 28.2. The summed E-state index contributed by atoms with van der Waals surface area (Å²) >= 11 is 0. The largest absolute Gasteiger partial charge is 0.480 e. The molecule has 202 valence electrons. The molecule has 0 radical (unpaired) electrons. The highest BCUT2D eigenvalue weighted by Crippen LogP contribution is 2.15. The fourth-order valence-corrected chi connectivity index (χ4v) is 2.32. The molecule has 14 heteroatoms. The number of benzene rings is 1. The Morgan fingerprint density at radius 2 is 1.31 bits per heavy atom. The Balaban J connectivity index is 0.00000115. The van der Waals surface area contributed by atoms with Gasteiger partial charge < -0.3 is 48.4 Å². The summed E-state index contributed by atoms with van der Waals surface area (Å²) in [5, 5.41) is 16.9. The van der Waals surface area contributed by atoms with Crippen molar-refractivity contribution >= 4 is 29.8 Å². The molecule has 0 heterocycles. The second kappa shape index (κ2) is 15.4. The molecule has 0 aliphatic rings. The predicted molar refractivity (Wildman–Crippen MR) is 127 cm³/mol. The van der Waals surface area contributed by atoms with Crippen molar-refractivity contribution in [2.24, 2.45) is 34.6 Å². The summed E-state index contributed by atoms with van der Waals surface area (Å²) < 4.78 is 10.3. The first kappa shape index (κ1) is 32.4. The molecule has 0 unspecified atom stereocenters. The van der Waals surface area contributed by atoms with E-state index < -0.39 is 60.1 Å². The number of rotatable bonds is 12. The van der Waals surface area contributed by atoms with E-state index >= 15 is 0 Å². The minimum absolute atomic E-state index is 0.111. The summed E-state index contributed by atoms with van der Waals surface area (Å²) in [5.41, 5.74) is 27.2. The van der Waals surface area contributed by atoms with Crippen molar-refractivity contribution in [2.75, 3.05) is 0 Å². The highest BCUT2D eigenvalue weighted by Gasteiger charge is 2.29. The van der Waals surface area contributed by atoms with Crippen LogP contribution in [0, 0.1) is 5.92 Å². The van der Waals surface area contributed by atoms with Gasteiger partial charge in [0.2, 0.25) is 5.91 Å². The molecule has 36 heavy (non-hydrogen) atoms. The number of esters is 2. The molecule has 5 atom stereocenters.